The van der Waals surface area contributed by atoms with Gasteiger partial charge in [-0.1, -0.05) is 17.7 Å². The molecule has 1 atom stereocenters. The Labute approximate surface area is 113 Å². The molecule has 2 N–H and O–H groups in total. The Balaban J connectivity index is 1.85. The van der Waals surface area contributed by atoms with Crippen molar-refractivity contribution in [2.45, 2.75) is 18.9 Å². The SMILES string of the molecule is Oc1ccc([C@@H](C2CC2)N2CCNCC2)cc1Cl. The predicted octanol–water partition coefficient (Wildman–Crippen LogP) is 2.40. The Morgan fingerprint density at radius 3 is 2.61 bits per heavy atom. The van der Waals surface area contributed by atoms with E-state index in [1.165, 1.54) is 18.4 Å². The Kier molecular flexibility index (Phi) is 3.46. The van der Waals surface area contributed by atoms with E-state index in [1.54, 1.807) is 6.07 Å². The summed E-state index contributed by atoms with van der Waals surface area (Å²) in [6.45, 7) is 4.32. The van der Waals surface area contributed by atoms with Crippen LogP contribution in [-0.4, -0.2) is 36.2 Å². The molecule has 2 fully saturated rings. The lowest BCUT2D eigenvalue weighted by Gasteiger charge is -2.35. The van der Waals surface area contributed by atoms with Gasteiger partial charge in [0.1, 0.15) is 5.75 Å². The third-order valence-electron chi connectivity index (χ3n) is 3.93. The first-order valence-corrected chi connectivity index (χ1v) is 7.06. The fourth-order valence-electron chi connectivity index (χ4n) is 2.86. The average Bonchev–Trinajstić information content (AvgIpc) is 3.20. The van der Waals surface area contributed by atoms with E-state index >= 15 is 0 Å². The number of nitrogens with zero attached hydrogens (tertiary/aromatic N) is 1. The Bertz CT molecular complexity index is 428. The smallest absolute Gasteiger partial charge is 0.134 e. The molecule has 3 nitrogen and oxygen atoms in total. The minimum absolute atomic E-state index is 0.176. The molecule has 3 rings (SSSR count). The summed E-state index contributed by atoms with van der Waals surface area (Å²) >= 11 is 6.04. The maximum absolute atomic E-state index is 9.53. The summed E-state index contributed by atoms with van der Waals surface area (Å²) in [4.78, 5) is 2.55. The molecular weight excluding hydrogens is 248 g/mol. The molecule has 0 spiro atoms. The monoisotopic (exact) mass is 266 g/mol. The second-order valence-electron chi connectivity index (χ2n) is 5.28. The molecule has 18 heavy (non-hydrogen) atoms. The van der Waals surface area contributed by atoms with Gasteiger partial charge in [-0.3, -0.25) is 4.90 Å². The highest BCUT2D eigenvalue weighted by atomic mass is 35.5. The molecule has 0 amide bonds. The topological polar surface area (TPSA) is 35.5 Å². The maximum Gasteiger partial charge on any atom is 0.134 e. The minimum Gasteiger partial charge on any atom is -0.506 e. The van der Waals surface area contributed by atoms with Crippen LogP contribution in [0.1, 0.15) is 24.4 Å². The molecule has 0 unspecified atom stereocenters. The molecule has 0 radical (unpaired) electrons. The van der Waals surface area contributed by atoms with Crippen molar-refractivity contribution < 1.29 is 5.11 Å². The first kappa shape index (κ1) is 12.3. The third-order valence-corrected chi connectivity index (χ3v) is 4.23. The number of aromatic hydroxyl groups is 1. The van der Waals surface area contributed by atoms with Gasteiger partial charge in [0, 0.05) is 32.2 Å². The third kappa shape index (κ3) is 2.48. The average molecular weight is 267 g/mol. The van der Waals surface area contributed by atoms with E-state index in [2.05, 4.69) is 10.2 Å². The van der Waals surface area contributed by atoms with Crippen LogP contribution in [0.4, 0.5) is 0 Å². The van der Waals surface area contributed by atoms with E-state index < -0.39 is 0 Å². The highest BCUT2D eigenvalue weighted by Gasteiger charge is 2.36. The van der Waals surface area contributed by atoms with Gasteiger partial charge >= 0.3 is 0 Å². The van der Waals surface area contributed by atoms with Gasteiger partial charge in [-0.25, -0.2) is 0 Å². The summed E-state index contributed by atoms with van der Waals surface area (Å²) < 4.78 is 0. The second-order valence-corrected chi connectivity index (χ2v) is 5.69. The quantitative estimate of drug-likeness (QED) is 0.882. The molecular formula is C14H19ClN2O. The van der Waals surface area contributed by atoms with Gasteiger partial charge in [-0.2, -0.15) is 0 Å². The fourth-order valence-corrected chi connectivity index (χ4v) is 3.05. The Morgan fingerprint density at radius 1 is 1.28 bits per heavy atom. The van der Waals surface area contributed by atoms with E-state index in [1.807, 2.05) is 12.1 Å². The summed E-state index contributed by atoms with van der Waals surface area (Å²) in [7, 11) is 0. The van der Waals surface area contributed by atoms with Crippen molar-refractivity contribution >= 4 is 11.6 Å². The van der Waals surface area contributed by atoms with Gasteiger partial charge in [-0.15, -0.1) is 0 Å². The van der Waals surface area contributed by atoms with Crippen LogP contribution in [0.3, 0.4) is 0 Å². The molecule has 1 saturated heterocycles. The van der Waals surface area contributed by atoms with Crippen LogP contribution in [0, 0.1) is 5.92 Å². The molecule has 1 aliphatic carbocycles. The molecule has 1 aliphatic heterocycles. The van der Waals surface area contributed by atoms with Crippen LogP contribution in [0.2, 0.25) is 5.02 Å². The summed E-state index contributed by atoms with van der Waals surface area (Å²) in [6.07, 6.45) is 2.63. The van der Waals surface area contributed by atoms with E-state index in [-0.39, 0.29) is 5.75 Å². The molecule has 98 valence electrons. The van der Waals surface area contributed by atoms with E-state index in [0.717, 1.165) is 32.1 Å². The Morgan fingerprint density at radius 2 is 2.00 bits per heavy atom. The number of hydrogen-bond donors (Lipinski definition) is 2. The maximum atomic E-state index is 9.53. The van der Waals surface area contributed by atoms with Crippen LogP contribution in [-0.2, 0) is 0 Å². The molecule has 0 aromatic heterocycles. The number of benzene rings is 1. The summed E-state index contributed by atoms with van der Waals surface area (Å²) in [5, 5.41) is 13.4. The number of rotatable bonds is 3. The Hall–Kier alpha value is -0.770. The highest BCUT2D eigenvalue weighted by molar-refractivity contribution is 6.32. The largest absolute Gasteiger partial charge is 0.506 e. The van der Waals surface area contributed by atoms with Crippen LogP contribution in [0.15, 0.2) is 18.2 Å². The minimum atomic E-state index is 0.176. The van der Waals surface area contributed by atoms with Gasteiger partial charge < -0.3 is 10.4 Å². The molecule has 1 aromatic rings. The standard InChI is InChI=1S/C14H19ClN2O/c15-12-9-11(3-4-13(12)18)14(10-1-2-10)17-7-5-16-6-8-17/h3-4,9-10,14,16,18H,1-2,5-8H2/t14-/m1/s1. The molecule has 1 saturated carbocycles. The zero-order valence-corrected chi connectivity index (χ0v) is 11.2. The molecule has 0 bridgehead atoms. The lowest BCUT2D eigenvalue weighted by atomic mass is 9.99. The number of hydrogen-bond acceptors (Lipinski definition) is 3. The van der Waals surface area contributed by atoms with E-state index in [0.29, 0.717) is 11.1 Å². The van der Waals surface area contributed by atoms with Crippen molar-refractivity contribution in [3.8, 4) is 5.75 Å². The molecule has 2 aliphatic rings. The number of nitrogens with one attached hydrogen (secondary N) is 1. The fraction of sp³-hybridized carbons (Fsp3) is 0.571. The lowest BCUT2D eigenvalue weighted by molar-refractivity contribution is 0.156. The lowest BCUT2D eigenvalue weighted by Crippen LogP contribution is -2.45. The number of phenols is 1. The summed E-state index contributed by atoms with van der Waals surface area (Å²) in [5.41, 5.74) is 1.25. The number of halogens is 1. The molecule has 4 heteroatoms. The van der Waals surface area contributed by atoms with Crippen molar-refractivity contribution in [2.24, 2.45) is 5.92 Å². The van der Waals surface area contributed by atoms with Gasteiger partial charge in [0.05, 0.1) is 5.02 Å². The van der Waals surface area contributed by atoms with E-state index in [4.69, 9.17) is 11.6 Å². The summed E-state index contributed by atoms with van der Waals surface area (Å²) in [6, 6.07) is 6.15. The van der Waals surface area contributed by atoms with Gasteiger partial charge in [0.15, 0.2) is 0 Å². The van der Waals surface area contributed by atoms with Crippen molar-refractivity contribution in [3.63, 3.8) is 0 Å². The van der Waals surface area contributed by atoms with Crippen LogP contribution in [0.25, 0.3) is 0 Å². The van der Waals surface area contributed by atoms with E-state index in [9.17, 15) is 5.11 Å². The first-order chi connectivity index (χ1) is 8.75. The van der Waals surface area contributed by atoms with Crippen molar-refractivity contribution in [1.82, 2.24) is 10.2 Å². The predicted molar refractivity (Wildman–Crippen MR) is 73.0 cm³/mol. The van der Waals surface area contributed by atoms with Crippen LogP contribution < -0.4 is 5.32 Å². The zero-order valence-electron chi connectivity index (χ0n) is 10.4. The van der Waals surface area contributed by atoms with Crippen LogP contribution >= 0.6 is 11.6 Å². The van der Waals surface area contributed by atoms with Crippen LogP contribution in [0.5, 0.6) is 5.75 Å². The zero-order chi connectivity index (χ0) is 12.5. The molecule has 1 heterocycles. The number of phenolic OH excluding ortho intramolecular Hbond substituents is 1. The van der Waals surface area contributed by atoms with Gasteiger partial charge in [0.25, 0.3) is 0 Å². The van der Waals surface area contributed by atoms with Crippen molar-refractivity contribution in [2.75, 3.05) is 26.2 Å². The molecule has 1 aromatic carbocycles. The normalized spacial score (nSPS) is 22.9. The second kappa shape index (κ2) is 5.08. The van der Waals surface area contributed by atoms with Gasteiger partial charge in [-0.05, 0) is 36.5 Å². The number of piperazine rings is 1. The van der Waals surface area contributed by atoms with Crippen molar-refractivity contribution in [3.05, 3.63) is 28.8 Å². The first-order valence-electron chi connectivity index (χ1n) is 6.69. The summed E-state index contributed by atoms with van der Waals surface area (Å²) in [5.74, 6) is 0.944. The highest BCUT2D eigenvalue weighted by Crippen LogP contribution is 2.45. The van der Waals surface area contributed by atoms with Gasteiger partial charge in [0.2, 0.25) is 0 Å². The van der Waals surface area contributed by atoms with Crippen molar-refractivity contribution in [1.29, 1.82) is 0 Å².